The summed E-state index contributed by atoms with van der Waals surface area (Å²) in [5.74, 6) is -1.61. The van der Waals surface area contributed by atoms with Gasteiger partial charge in [-0.1, -0.05) is 19.9 Å². The molecule has 0 heterocycles. The molecule has 0 bridgehead atoms. The van der Waals surface area contributed by atoms with Gasteiger partial charge in [-0.25, -0.2) is 8.78 Å². The van der Waals surface area contributed by atoms with Gasteiger partial charge in [0.2, 0.25) is 5.91 Å². The molecular formula is C19H31Cl2F2N3O2. The van der Waals surface area contributed by atoms with Crippen molar-refractivity contribution in [2.45, 2.75) is 44.9 Å². The number of ether oxygens (including phenoxy) is 1. The van der Waals surface area contributed by atoms with E-state index < -0.39 is 28.6 Å². The number of rotatable bonds is 7. The summed E-state index contributed by atoms with van der Waals surface area (Å²) in [4.78, 5) is 14.4. The third kappa shape index (κ3) is 4.76. The summed E-state index contributed by atoms with van der Waals surface area (Å²) in [5, 5.41) is 2.78. The maximum absolute atomic E-state index is 14.1. The first kappa shape index (κ1) is 27.0. The minimum absolute atomic E-state index is 0. The first-order chi connectivity index (χ1) is 12.1. The number of benzene rings is 1. The van der Waals surface area contributed by atoms with Crippen molar-refractivity contribution < 1.29 is 18.3 Å². The van der Waals surface area contributed by atoms with Gasteiger partial charge in [-0.05, 0) is 33.2 Å². The van der Waals surface area contributed by atoms with Crippen molar-refractivity contribution in [3.8, 4) is 0 Å². The Balaban J connectivity index is 0.00000364. The van der Waals surface area contributed by atoms with Gasteiger partial charge in [0.15, 0.2) is 0 Å². The highest BCUT2D eigenvalue weighted by molar-refractivity contribution is 5.88. The molecule has 9 heteroatoms. The first-order valence-corrected chi connectivity index (χ1v) is 8.85. The molecule has 1 amide bonds. The lowest BCUT2D eigenvalue weighted by atomic mass is 9.54. The van der Waals surface area contributed by atoms with Crippen molar-refractivity contribution in [3.63, 3.8) is 0 Å². The summed E-state index contributed by atoms with van der Waals surface area (Å²) in [5.41, 5.74) is 4.69. The smallest absolute Gasteiger partial charge is 0.240 e. The average Bonchev–Trinajstić information content (AvgIpc) is 2.56. The van der Waals surface area contributed by atoms with Crippen LogP contribution >= 0.6 is 24.8 Å². The number of likely N-dealkylation sites (N-methyl/N-ethyl adjacent to an activating group) is 1. The van der Waals surface area contributed by atoms with E-state index >= 15 is 0 Å². The van der Waals surface area contributed by atoms with E-state index in [1.54, 1.807) is 19.0 Å². The number of halogens is 4. The number of nitrogens with two attached hydrogens (primary N) is 1. The number of carbonyl (C=O) groups excluding carboxylic acids is 1. The van der Waals surface area contributed by atoms with Crippen molar-refractivity contribution in [1.29, 1.82) is 0 Å². The number of nitrogens with zero attached hydrogens (tertiary/aromatic N) is 1. The molecule has 3 N–H and O–H groups in total. The van der Waals surface area contributed by atoms with Gasteiger partial charge >= 0.3 is 0 Å². The van der Waals surface area contributed by atoms with E-state index in [4.69, 9.17) is 10.5 Å². The fourth-order valence-corrected chi connectivity index (χ4v) is 3.54. The van der Waals surface area contributed by atoms with Crippen LogP contribution in [0.1, 0.15) is 38.8 Å². The maximum atomic E-state index is 14.1. The molecule has 2 rings (SSSR count). The normalized spacial score (nSPS) is 23.8. The molecule has 3 atom stereocenters. The summed E-state index contributed by atoms with van der Waals surface area (Å²) < 4.78 is 33.9. The van der Waals surface area contributed by atoms with Crippen LogP contribution in [0.25, 0.3) is 0 Å². The molecule has 1 aromatic rings. The largest absolute Gasteiger partial charge is 0.378 e. The Hall–Kier alpha value is -0.990. The fourth-order valence-electron chi connectivity index (χ4n) is 3.54. The Kier molecular flexibility index (Phi) is 9.80. The average molecular weight is 442 g/mol. The second-order valence-corrected chi connectivity index (χ2v) is 7.67. The van der Waals surface area contributed by atoms with Crippen LogP contribution < -0.4 is 11.1 Å². The molecule has 1 aliphatic rings. The zero-order chi connectivity index (χ0) is 19.7. The third-order valence-electron chi connectivity index (χ3n) is 5.65. The standard InChI is InChI=1S/C19H29F2N3O2.2ClH/c1-6-26-15-10-19(22,18(15,2)3)17(25)23-11-14(24(4)5)16-12(20)8-7-9-13(16)21;;/h7-9,14-15H,6,10-11,22H2,1-5H3,(H,23,25);2*1H. The molecule has 5 nitrogen and oxygen atoms in total. The van der Waals surface area contributed by atoms with Gasteiger partial charge in [0.05, 0.1) is 12.1 Å². The molecule has 1 saturated carbocycles. The molecule has 1 fully saturated rings. The van der Waals surface area contributed by atoms with Gasteiger partial charge in [0.25, 0.3) is 0 Å². The van der Waals surface area contributed by atoms with E-state index in [0.29, 0.717) is 13.0 Å². The molecule has 28 heavy (non-hydrogen) atoms. The van der Waals surface area contributed by atoms with Gasteiger partial charge in [0, 0.05) is 30.6 Å². The summed E-state index contributed by atoms with van der Waals surface area (Å²) in [6.45, 7) is 6.31. The van der Waals surface area contributed by atoms with E-state index in [9.17, 15) is 13.6 Å². The van der Waals surface area contributed by atoms with Crippen LogP contribution in [0.2, 0.25) is 0 Å². The number of hydrogen-bond donors (Lipinski definition) is 2. The van der Waals surface area contributed by atoms with E-state index in [2.05, 4.69) is 5.32 Å². The monoisotopic (exact) mass is 441 g/mol. The van der Waals surface area contributed by atoms with E-state index in [0.717, 1.165) is 0 Å². The Labute approximate surface area is 178 Å². The second kappa shape index (κ2) is 10.2. The van der Waals surface area contributed by atoms with Crippen molar-refractivity contribution in [2.24, 2.45) is 11.1 Å². The van der Waals surface area contributed by atoms with Crippen LogP contribution in [0.15, 0.2) is 18.2 Å². The van der Waals surface area contributed by atoms with Crippen LogP contribution in [0.5, 0.6) is 0 Å². The van der Waals surface area contributed by atoms with Crippen LogP contribution in [-0.2, 0) is 9.53 Å². The molecule has 1 aromatic carbocycles. The van der Waals surface area contributed by atoms with Gasteiger partial charge in [-0.3, -0.25) is 4.79 Å². The highest BCUT2D eigenvalue weighted by Crippen LogP contribution is 2.49. The number of hydrogen-bond acceptors (Lipinski definition) is 4. The Morgan fingerprint density at radius 3 is 2.29 bits per heavy atom. The fraction of sp³-hybridized carbons (Fsp3) is 0.632. The molecule has 0 radical (unpaired) electrons. The van der Waals surface area contributed by atoms with Crippen molar-refractivity contribution in [2.75, 3.05) is 27.2 Å². The lowest BCUT2D eigenvalue weighted by Crippen LogP contribution is -2.76. The van der Waals surface area contributed by atoms with Gasteiger partial charge in [0.1, 0.15) is 17.2 Å². The van der Waals surface area contributed by atoms with Gasteiger partial charge in [-0.2, -0.15) is 0 Å². The number of amides is 1. The third-order valence-corrected chi connectivity index (χ3v) is 5.65. The molecule has 0 saturated heterocycles. The quantitative estimate of drug-likeness (QED) is 0.681. The molecular weight excluding hydrogens is 411 g/mol. The summed E-state index contributed by atoms with van der Waals surface area (Å²) in [7, 11) is 3.42. The maximum Gasteiger partial charge on any atom is 0.240 e. The summed E-state index contributed by atoms with van der Waals surface area (Å²) >= 11 is 0. The van der Waals surface area contributed by atoms with Crippen molar-refractivity contribution in [3.05, 3.63) is 35.4 Å². The SMILES string of the molecule is CCOC1CC(N)(C(=O)NCC(c2c(F)cccc2F)N(C)C)C1(C)C.Cl.Cl. The molecule has 3 unspecified atom stereocenters. The molecule has 0 aliphatic heterocycles. The number of carbonyl (C=O) groups is 1. The minimum Gasteiger partial charge on any atom is -0.378 e. The van der Waals surface area contributed by atoms with Crippen molar-refractivity contribution in [1.82, 2.24) is 10.2 Å². The zero-order valence-corrected chi connectivity index (χ0v) is 18.6. The topological polar surface area (TPSA) is 67.6 Å². The van der Waals surface area contributed by atoms with Crippen LogP contribution in [0.3, 0.4) is 0 Å². The lowest BCUT2D eigenvalue weighted by Gasteiger charge is -2.57. The van der Waals surface area contributed by atoms with E-state index in [-0.39, 0.29) is 48.9 Å². The van der Waals surface area contributed by atoms with Crippen LogP contribution in [0.4, 0.5) is 8.78 Å². The highest BCUT2D eigenvalue weighted by Gasteiger charge is 2.62. The molecule has 162 valence electrons. The molecule has 1 aliphatic carbocycles. The lowest BCUT2D eigenvalue weighted by molar-refractivity contribution is -0.170. The first-order valence-electron chi connectivity index (χ1n) is 8.85. The van der Waals surface area contributed by atoms with Crippen LogP contribution in [0, 0.1) is 17.0 Å². The van der Waals surface area contributed by atoms with Gasteiger partial charge in [-0.15, -0.1) is 24.8 Å². The van der Waals surface area contributed by atoms with E-state index in [1.807, 2.05) is 20.8 Å². The Bertz CT molecular complexity index is 656. The minimum atomic E-state index is -1.07. The molecule has 0 aromatic heterocycles. The predicted molar refractivity (Wildman–Crippen MR) is 111 cm³/mol. The zero-order valence-electron chi connectivity index (χ0n) is 16.9. The highest BCUT2D eigenvalue weighted by atomic mass is 35.5. The Morgan fingerprint density at radius 2 is 1.86 bits per heavy atom. The second-order valence-electron chi connectivity index (χ2n) is 7.67. The Morgan fingerprint density at radius 1 is 1.32 bits per heavy atom. The van der Waals surface area contributed by atoms with Gasteiger partial charge < -0.3 is 20.7 Å². The summed E-state index contributed by atoms with van der Waals surface area (Å²) in [6.07, 6.45) is 0.331. The predicted octanol–water partition coefficient (Wildman–Crippen LogP) is 3.06. The summed E-state index contributed by atoms with van der Waals surface area (Å²) in [6, 6.07) is 3.10. The van der Waals surface area contributed by atoms with Crippen molar-refractivity contribution >= 4 is 30.7 Å². The number of nitrogens with one attached hydrogen (secondary N) is 1. The molecule has 0 spiro atoms. The van der Waals surface area contributed by atoms with E-state index in [1.165, 1.54) is 18.2 Å². The van der Waals surface area contributed by atoms with Crippen LogP contribution in [-0.4, -0.2) is 49.7 Å².